The van der Waals surface area contributed by atoms with Gasteiger partial charge >= 0.3 is 0 Å². The lowest BCUT2D eigenvalue weighted by atomic mass is 10.1. The molecule has 2 aromatic carbocycles. The molecule has 0 unspecified atom stereocenters. The Balaban J connectivity index is 1.20. The van der Waals surface area contributed by atoms with Crippen molar-refractivity contribution in [2.75, 3.05) is 58.7 Å². The van der Waals surface area contributed by atoms with E-state index in [2.05, 4.69) is 88.0 Å². The molecule has 178 valence electrons. The zero-order chi connectivity index (χ0) is 23.3. The first-order chi connectivity index (χ1) is 16.7. The van der Waals surface area contributed by atoms with Gasteiger partial charge in [-0.2, -0.15) is 0 Å². The number of para-hydroxylation sites is 1. The minimum Gasteiger partial charge on any atom is -0.369 e. The maximum Gasteiger partial charge on any atom is 0.145 e. The maximum atomic E-state index is 4.94. The largest absolute Gasteiger partial charge is 0.369 e. The van der Waals surface area contributed by atoms with Crippen LogP contribution in [0.2, 0.25) is 0 Å². The molecule has 0 spiro atoms. The van der Waals surface area contributed by atoms with Gasteiger partial charge in [-0.3, -0.25) is 9.80 Å². The third-order valence-electron chi connectivity index (χ3n) is 6.51. The Morgan fingerprint density at radius 2 is 1.59 bits per heavy atom. The van der Waals surface area contributed by atoms with E-state index >= 15 is 0 Å². The number of nitrogens with one attached hydrogen (secondary N) is 1. The van der Waals surface area contributed by atoms with Gasteiger partial charge in [-0.25, -0.2) is 9.97 Å². The molecule has 1 aliphatic heterocycles. The number of nitrogens with zero attached hydrogens (tertiary/aromatic N) is 5. The molecule has 0 amide bonds. The van der Waals surface area contributed by atoms with E-state index in [1.54, 1.807) is 0 Å². The van der Waals surface area contributed by atoms with Crippen molar-refractivity contribution in [1.29, 1.82) is 0 Å². The highest BCUT2D eigenvalue weighted by Crippen LogP contribution is 2.27. The summed E-state index contributed by atoms with van der Waals surface area (Å²) >= 11 is 1.85. The summed E-state index contributed by atoms with van der Waals surface area (Å²) in [4.78, 5) is 17.1. The van der Waals surface area contributed by atoms with Gasteiger partial charge in [-0.05, 0) is 61.6 Å². The van der Waals surface area contributed by atoms with Crippen LogP contribution in [0.3, 0.4) is 0 Å². The van der Waals surface area contributed by atoms with Crippen molar-refractivity contribution >= 4 is 38.1 Å². The lowest BCUT2D eigenvalue weighted by Gasteiger charge is -2.34. The highest BCUT2D eigenvalue weighted by Gasteiger charge is 2.19. The number of anilines is 1. The molecule has 1 aliphatic rings. The molecule has 0 bridgehead atoms. The Bertz CT molecular complexity index is 1230. The SMILES string of the molecule is CN(C)CCCNc1nc(CN2CCN(Cc3csc4ccccc34)CC2)nc2ccccc12. The minimum absolute atomic E-state index is 0.798. The van der Waals surface area contributed by atoms with Gasteiger partial charge in [0.1, 0.15) is 11.6 Å². The molecule has 0 atom stereocenters. The topological polar surface area (TPSA) is 47.5 Å². The fraction of sp³-hybridized carbons (Fsp3) is 0.407. The summed E-state index contributed by atoms with van der Waals surface area (Å²) < 4.78 is 1.38. The number of rotatable bonds is 9. The summed E-state index contributed by atoms with van der Waals surface area (Å²) in [6, 6.07) is 17.1. The Hall–Kier alpha value is -2.58. The smallest absolute Gasteiger partial charge is 0.145 e. The van der Waals surface area contributed by atoms with Crippen molar-refractivity contribution in [3.8, 4) is 0 Å². The van der Waals surface area contributed by atoms with Crippen LogP contribution in [-0.2, 0) is 13.1 Å². The first kappa shape index (κ1) is 23.2. The Morgan fingerprint density at radius 3 is 2.38 bits per heavy atom. The summed E-state index contributed by atoms with van der Waals surface area (Å²) in [7, 11) is 4.22. The lowest BCUT2D eigenvalue weighted by Crippen LogP contribution is -2.45. The van der Waals surface area contributed by atoms with Crippen LogP contribution in [-0.4, -0.2) is 78.0 Å². The zero-order valence-corrected chi connectivity index (χ0v) is 21.0. The molecule has 3 heterocycles. The fourth-order valence-corrected chi connectivity index (χ4v) is 5.59. The molecule has 7 heteroatoms. The third-order valence-corrected chi connectivity index (χ3v) is 7.52. The second kappa shape index (κ2) is 10.8. The number of thiophene rings is 1. The summed E-state index contributed by atoms with van der Waals surface area (Å²) in [6.45, 7) is 8.05. The third kappa shape index (κ3) is 5.55. The minimum atomic E-state index is 0.798. The molecule has 34 heavy (non-hydrogen) atoms. The molecule has 1 fully saturated rings. The van der Waals surface area contributed by atoms with E-state index in [4.69, 9.17) is 9.97 Å². The molecule has 1 saturated heterocycles. The van der Waals surface area contributed by atoms with Crippen LogP contribution in [0.15, 0.2) is 53.9 Å². The number of hydrogen-bond donors (Lipinski definition) is 1. The predicted octanol–water partition coefficient (Wildman–Crippen LogP) is 4.53. The molecule has 4 aromatic rings. The average molecular weight is 475 g/mol. The Kier molecular flexibility index (Phi) is 7.35. The van der Waals surface area contributed by atoms with Crippen LogP contribution in [0.25, 0.3) is 21.0 Å². The lowest BCUT2D eigenvalue weighted by molar-refractivity contribution is 0.120. The van der Waals surface area contributed by atoms with E-state index in [0.717, 1.165) is 81.3 Å². The van der Waals surface area contributed by atoms with Gasteiger partial charge in [0.25, 0.3) is 0 Å². The van der Waals surface area contributed by atoms with E-state index in [9.17, 15) is 0 Å². The first-order valence-corrected chi connectivity index (χ1v) is 13.1. The second-order valence-corrected chi connectivity index (χ2v) is 10.3. The van der Waals surface area contributed by atoms with Crippen molar-refractivity contribution in [3.63, 3.8) is 0 Å². The number of fused-ring (bicyclic) bond motifs is 2. The number of piperazine rings is 1. The van der Waals surface area contributed by atoms with Gasteiger partial charge in [-0.15, -0.1) is 11.3 Å². The highest BCUT2D eigenvalue weighted by molar-refractivity contribution is 7.17. The maximum absolute atomic E-state index is 4.94. The van der Waals surface area contributed by atoms with Crippen molar-refractivity contribution in [2.24, 2.45) is 0 Å². The molecular weight excluding hydrogens is 440 g/mol. The average Bonchev–Trinajstić information content (AvgIpc) is 3.25. The molecule has 6 nitrogen and oxygen atoms in total. The van der Waals surface area contributed by atoms with Crippen LogP contribution in [0.4, 0.5) is 5.82 Å². The van der Waals surface area contributed by atoms with Gasteiger partial charge in [0.2, 0.25) is 0 Å². The van der Waals surface area contributed by atoms with Crippen LogP contribution in [0, 0.1) is 0 Å². The molecule has 5 rings (SSSR count). The monoisotopic (exact) mass is 474 g/mol. The first-order valence-electron chi connectivity index (χ1n) is 12.2. The Morgan fingerprint density at radius 1 is 0.882 bits per heavy atom. The molecule has 0 saturated carbocycles. The number of hydrogen-bond acceptors (Lipinski definition) is 7. The van der Waals surface area contributed by atoms with Crippen LogP contribution < -0.4 is 5.32 Å². The fourth-order valence-electron chi connectivity index (χ4n) is 4.63. The van der Waals surface area contributed by atoms with Crippen LogP contribution >= 0.6 is 11.3 Å². The summed E-state index contributed by atoms with van der Waals surface area (Å²) in [6.07, 6.45) is 1.09. The van der Waals surface area contributed by atoms with E-state index < -0.39 is 0 Å². The van der Waals surface area contributed by atoms with E-state index in [0.29, 0.717) is 0 Å². The van der Waals surface area contributed by atoms with Crippen molar-refractivity contribution in [3.05, 3.63) is 65.3 Å². The van der Waals surface area contributed by atoms with E-state index in [1.165, 1.54) is 15.6 Å². The zero-order valence-electron chi connectivity index (χ0n) is 20.2. The summed E-state index contributed by atoms with van der Waals surface area (Å²) in [5, 5.41) is 8.40. The Labute approximate surface area is 206 Å². The van der Waals surface area contributed by atoms with E-state index in [1.807, 2.05) is 11.3 Å². The standard InChI is InChI=1S/C27H34N6S/c1-31(2)13-7-12-28-27-23-9-3-5-10-24(23)29-26(30-27)19-33-16-14-32(15-17-33)18-21-20-34-25-11-6-4-8-22(21)25/h3-6,8-11,20H,7,12-19H2,1-2H3,(H,28,29,30). The number of aromatic nitrogens is 2. The quantitative estimate of drug-likeness (QED) is 0.360. The normalized spacial score (nSPS) is 15.5. The molecule has 0 radical (unpaired) electrons. The van der Waals surface area contributed by atoms with Crippen LogP contribution in [0.5, 0.6) is 0 Å². The van der Waals surface area contributed by atoms with E-state index in [-0.39, 0.29) is 0 Å². The number of benzene rings is 2. The summed E-state index contributed by atoms with van der Waals surface area (Å²) in [5.74, 6) is 1.87. The van der Waals surface area contributed by atoms with Gasteiger partial charge in [-0.1, -0.05) is 30.3 Å². The summed E-state index contributed by atoms with van der Waals surface area (Å²) in [5.41, 5.74) is 2.47. The van der Waals surface area contributed by atoms with Crippen molar-refractivity contribution in [1.82, 2.24) is 24.7 Å². The van der Waals surface area contributed by atoms with Gasteiger partial charge in [0, 0.05) is 49.4 Å². The van der Waals surface area contributed by atoms with Gasteiger partial charge < -0.3 is 10.2 Å². The highest BCUT2D eigenvalue weighted by atomic mass is 32.1. The van der Waals surface area contributed by atoms with Crippen LogP contribution in [0.1, 0.15) is 17.8 Å². The molecule has 0 aliphatic carbocycles. The molecule has 2 aromatic heterocycles. The van der Waals surface area contributed by atoms with Gasteiger partial charge in [0.15, 0.2) is 0 Å². The molecular formula is C27H34N6S. The van der Waals surface area contributed by atoms with Crippen molar-refractivity contribution < 1.29 is 0 Å². The van der Waals surface area contributed by atoms with Crippen molar-refractivity contribution in [2.45, 2.75) is 19.5 Å². The molecule has 1 N–H and O–H groups in total. The predicted molar refractivity (Wildman–Crippen MR) is 144 cm³/mol. The van der Waals surface area contributed by atoms with Gasteiger partial charge in [0.05, 0.1) is 12.1 Å². The second-order valence-electron chi connectivity index (χ2n) is 9.40.